The maximum absolute atomic E-state index is 11.6. The summed E-state index contributed by atoms with van der Waals surface area (Å²) in [6, 6.07) is 19.3. The van der Waals surface area contributed by atoms with Gasteiger partial charge in [-0.3, -0.25) is 4.79 Å². The molecule has 0 aliphatic heterocycles. The number of carbonyl (C=O) groups is 1. The highest BCUT2D eigenvalue weighted by Crippen LogP contribution is 2.50. The molecular weight excluding hydrogens is 358 g/mol. The van der Waals surface area contributed by atoms with E-state index < -0.39 is 0 Å². The number of hydrogen-bond acceptors (Lipinski definition) is 4. The van der Waals surface area contributed by atoms with Crippen LogP contribution in [0.3, 0.4) is 0 Å². The predicted molar refractivity (Wildman–Crippen MR) is 108 cm³/mol. The second-order valence-electron chi connectivity index (χ2n) is 7.05. The highest BCUT2D eigenvalue weighted by Gasteiger charge is 2.45. The van der Waals surface area contributed by atoms with E-state index in [9.17, 15) is 4.79 Å². The van der Waals surface area contributed by atoms with Gasteiger partial charge in [-0.1, -0.05) is 48.0 Å². The molecule has 3 aromatic rings. The number of benzene rings is 2. The molecule has 0 saturated heterocycles. The first-order valence-corrected chi connectivity index (χ1v) is 9.39. The molecule has 0 spiro atoms. The number of ketones is 1. The van der Waals surface area contributed by atoms with Crippen LogP contribution in [0.2, 0.25) is 5.02 Å². The summed E-state index contributed by atoms with van der Waals surface area (Å²) in [7, 11) is 0. The lowest BCUT2D eigenvalue weighted by Gasteiger charge is -2.18. The Labute approximate surface area is 163 Å². The van der Waals surface area contributed by atoms with E-state index in [1.54, 1.807) is 13.0 Å². The van der Waals surface area contributed by atoms with Gasteiger partial charge in [0.15, 0.2) is 5.78 Å². The number of rotatable bonds is 6. The van der Waals surface area contributed by atoms with Crippen LogP contribution in [0.1, 0.15) is 35.7 Å². The smallest absolute Gasteiger partial charge is 0.159 e. The Bertz CT molecular complexity index is 981. The molecule has 0 bridgehead atoms. The summed E-state index contributed by atoms with van der Waals surface area (Å²) >= 11 is 6.37. The standard InChI is InChI=1S/C22H20ClN3O/c1-15(27)16-5-4-6-17(13-16)20-9-10-21(26-25-20)24-14-22(11-12-22)18-7-2-3-8-19(18)23/h2-10,13H,11-12,14H2,1H3,(H,24,26). The fourth-order valence-electron chi connectivity index (χ4n) is 3.32. The summed E-state index contributed by atoms with van der Waals surface area (Å²) in [5.74, 6) is 0.775. The summed E-state index contributed by atoms with van der Waals surface area (Å²) < 4.78 is 0. The van der Waals surface area contributed by atoms with E-state index in [-0.39, 0.29) is 11.2 Å². The summed E-state index contributed by atoms with van der Waals surface area (Å²) in [5, 5.41) is 12.8. The zero-order chi connectivity index (χ0) is 18.9. The fourth-order valence-corrected chi connectivity index (χ4v) is 3.66. The van der Waals surface area contributed by atoms with Gasteiger partial charge in [-0.25, -0.2) is 0 Å². The summed E-state index contributed by atoms with van der Waals surface area (Å²) in [6.07, 6.45) is 2.24. The molecule has 0 atom stereocenters. The normalized spacial score (nSPS) is 14.6. The SMILES string of the molecule is CC(=O)c1cccc(-c2ccc(NCC3(c4ccccc4Cl)CC3)nn2)c1. The van der Waals surface area contributed by atoms with E-state index in [0.717, 1.165) is 41.5 Å². The molecule has 0 radical (unpaired) electrons. The number of halogens is 1. The number of Topliss-reactive ketones (excluding diaryl/α,β-unsaturated/α-hetero) is 1. The van der Waals surface area contributed by atoms with Gasteiger partial charge in [0.05, 0.1) is 5.69 Å². The van der Waals surface area contributed by atoms with Crippen LogP contribution < -0.4 is 5.32 Å². The van der Waals surface area contributed by atoms with E-state index in [4.69, 9.17) is 11.6 Å². The Balaban J connectivity index is 1.47. The number of anilines is 1. The summed E-state index contributed by atoms with van der Waals surface area (Å²) in [5.41, 5.74) is 3.60. The molecule has 136 valence electrons. The van der Waals surface area contributed by atoms with Gasteiger partial charge in [-0.15, -0.1) is 10.2 Å². The number of nitrogens with one attached hydrogen (secondary N) is 1. The Morgan fingerprint density at radius 1 is 1.07 bits per heavy atom. The third-order valence-corrected chi connectivity index (χ3v) is 5.47. The van der Waals surface area contributed by atoms with Crippen molar-refractivity contribution in [2.75, 3.05) is 11.9 Å². The minimum absolute atomic E-state index is 0.0393. The van der Waals surface area contributed by atoms with Gasteiger partial charge in [0.2, 0.25) is 0 Å². The zero-order valence-electron chi connectivity index (χ0n) is 15.1. The molecule has 5 heteroatoms. The van der Waals surface area contributed by atoms with Crippen LogP contribution in [0.15, 0.2) is 60.7 Å². The van der Waals surface area contributed by atoms with Gasteiger partial charge in [0.25, 0.3) is 0 Å². The molecule has 4 rings (SSSR count). The van der Waals surface area contributed by atoms with Crippen LogP contribution in [0, 0.1) is 0 Å². The first-order chi connectivity index (χ1) is 13.1. The van der Waals surface area contributed by atoms with Crippen molar-refractivity contribution >= 4 is 23.2 Å². The molecule has 1 heterocycles. The Morgan fingerprint density at radius 3 is 2.56 bits per heavy atom. The average molecular weight is 378 g/mol. The molecule has 1 aliphatic carbocycles. The molecule has 4 nitrogen and oxygen atoms in total. The van der Waals surface area contributed by atoms with Crippen LogP contribution in [-0.2, 0) is 5.41 Å². The van der Waals surface area contributed by atoms with Gasteiger partial charge in [-0.2, -0.15) is 0 Å². The maximum atomic E-state index is 11.6. The molecule has 1 aliphatic rings. The average Bonchev–Trinajstić information content (AvgIpc) is 3.48. The quantitative estimate of drug-likeness (QED) is 0.604. The largest absolute Gasteiger partial charge is 0.368 e. The Morgan fingerprint density at radius 2 is 1.89 bits per heavy atom. The molecule has 0 unspecified atom stereocenters. The van der Waals surface area contributed by atoms with E-state index in [2.05, 4.69) is 21.6 Å². The third-order valence-electron chi connectivity index (χ3n) is 5.14. The van der Waals surface area contributed by atoms with Crippen LogP contribution in [-0.4, -0.2) is 22.5 Å². The van der Waals surface area contributed by atoms with Crippen molar-refractivity contribution in [2.24, 2.45) is 0 Å². The minimum Gasteiger partial charge on any atom is -0.368 e. The second kappa shape index (κ2) is 7.12. The van der Waals surface area contributed by atoms with Gasteiger partial charge >= 0.3 is 0 Å². The molecule has 1 N–H and O–H groups in total. The van der Waals surface area contributed by atoms with Crippen LogP contribution in [0.25, 0.3) is 11.3 Å². The zero-order valence-corrected chi connectivity index (χ0v) is 15.8. The van der Waals surface area contributed by atoms with E-state index in [1.807, 2.05) is 48.5 Å². The van der Waals surface area contributed by atoms with Crippen molar-refractivity contribution in [1.29, 1.82) is 0 Å². The van der Waals surface area contributed by atoms with Crippen molar-refractivity contribution in [2.45, 2.75) is 25.2 Å². The highest BCUT2D eigenvalue weighted by atomic mass is 35.5. The second-order valence-corrected chi connectivity index (χ2v) is 7.46. The third kappa shape index (κ3) is 3.71. The lowest BCUT2D eigenvalue weighted by molar-refractivity contribution is 0.101. The Kier molecular flexibility index (Phi) is 4.66. The van der Waals surface area contributed by atoms with Crippen molar-refractivity contribution in [3.63, 3.8) is 0 Å². The predicted octanol–water partition coefficient (Wildman–Crippen LogP) is 5.14. The first-order valence-electron chi connectivity index (χ1n) is 9.01. The van der Waals surface area contributed by atoms with Crippen molar-refractivity contribution in [3.8, 4) is 11.3 Å². The monoisotopic (exact) mass is 377 g/mol. The topological polar surface area (TPSA) is 54.9 Å². The van der Waals surface area contributed by atoms with Gasteiger partial charge in [0, 0.05) is 28.1 Å². The number of aromatic nitrogens is 2. The van der Waals surface area contributed by atoms with Gasteiger partial charge in [-0.05, 0) is 49.6 Å². The molecular formula is C22H20ClN3O. The molecule has 0 amide bonds. The van der Waals surface area contributed by atoms with Crippen LogP contribution in [0.5, 0.6) is 0 Å². The van der Waals surface area contributed by atoms with Crippen LogP contribution >= 0.6 is 11.6 Å². The van der Waals surface area contributed by atoms with E-state index in [1.165, 1.54) is 5.56 Å². The maximum Gasteiger partial charge on any atom is 0.159 e. The van der Waals surface area contributed by atoms with E-state index >= 15 is 0 Å². The Hall–Kier alpha value is -2.72. The molecule has 2 aromatic carbocycles. The van der Waals surface area contributed by atoms with Crippen LogP contribution in [0.4, 0.5) is 5.82 Å². The lowest BCUT2D eigenvalue weighted by atomic mass is 9.96. The molecule has 27 heavy (non-hydrogen) atoms. The van der Waals surface area contributed by atoms with Crippen molar-refractivity contribution in [3.05, 3.63) is 76.8 Å². The van der Waals surface area contributed by atoms with Crippen molar-refractivity contribution in [1.82, 2.24) is 10.2 Å². The highest BCUT2D eigenvalue weighted by molar-refractivity contribution is 6.31. The molecule has 1 saturated carbocycles. The van der Waals surface area contributed by atoms with Crippen molar-refractivity contribution < 1.29 is 4.79 Å². The first kappa shape index (κ1) is 17.7. The number of nitrogens with zero attached hydrogens (tertiary/aromatic N) is 2. The summed E-state index contributed by atoms with van der Waals surface area (Å²) in [6.45, 7) is 2.34. The van der Waals surface area contributed by atoms with Gasteiger partial charge in [0.1, 0.15) is 5.82 Å². The fraction of sp³-hybridized carbons (Fsp3) is 0.227. The summed E-state index contributed by atoms with van der Waals surface area (Å²) in [4.78, 5) is 11.6. The lowest BCUT2D eigenvalue weighted by Crippen LogP contribution is -2.20. The number of carbonyl (C=O) groups excluding carboxylic acids is 1. The molecule has 1 aromatic heterocycles. The minimum atomic E-state index is 0.0393. The van der Waals surface area contributed by atoms with E-state index in [0.29, 0.717) is 5.56 Å². The molecule has 1 fully saturated rings. The number of hydrogen-bond donors (Lipinski definition) is 1. The van der Waals surface area contributed by atoms with Gasteiger partial charge < -0.3 is 5.32 Å².